The lowest BCUT2D eigenvalue weighted by Gasteiger charge is -2.26. The number of alkyl halides is 3. The molecule has 0 saturated heterocycles. The molecule has 0 atom stereocenters. The third kappa shape index (κ3) is 3.63. The van der Waals surface area contributed by atoms with E-state index in [9.17, 15) is 13.2 Å². The number of nitrogen functional groups attached to an aromatic ring is 1. The zero-order valence-electron chi connectivity index (χ0n) is 11.6. The summed E-state index contributed by atoms with van der Waals surface area (Å²) in [6.45, 7) is 4.15. The van der Waals surface area contributed by atoms with E-state index in [2.05, 4.69) is 9.36 Å². The van der Waals surface area contributed by atoms with E-state index in [1.807, 2.05) is 32.0 Å². The number of halogens is 3. The van der Waals surface area contributed by atoms with Crippen LogP contribution in [0.15, 0.2) is 24.3 Å². The SMILES string of the molecule is CC(C)N(Cc1ccccc1N)c1nc(C(F)(F)F)ns1. The van der Waals surface area contributed by atoms with Gasteiger partial charge in [-0.3, -0.25) is 0 Å². The zero-order valence-corrected chi connectivity index (χ0v) is 12.4. The Morgan fingerprint density at radius 3 is 2.48 bits per heavy atom. The van der Waals surface area contributed by atoms with Crippen LogP contribution in [0.3, 0.4) is 0 Å². The molecule has 0 fully saturated rings. The number of rotatable bonds is 4. The van der Waals surface area contributed by atoms with Gasteiger partial charge in [-0.25, -0.2) is 0 Å². The van der Waals surface area contributed by atoms with Gasteiger partial charge in [-0.1, -0.05) is 18.2 Å². The molecular formula is C13H15F3N4S. The minimum Gasteiger partial charge on any atom is -0.398 e. The minimum absolute atomic E-state index is 0.0290. The second-order valence-electron chi connectivity index (χ2n) is 4.82. The molecule has 0 aliphatic rings. The first-order valence-corrected chi connectivity index (χ1v) is 7.07. The predicted octanol–water partition coefficient (Wildman–Crippen LogP) is 3.55. The average Bonchev–Trinajstić information content (AvgIpc) is 2.86. The Labute approximate surface area is 124 Å². The van der Waals surface area contributed by atoms with E-state index >= 15 is 0 Å². The smallest absolute Gasteiger partial charge is 0.398 e. The van der Waals surface area contributed by atoms with Crippen molar-refractivity contribution in [2.45, 2.75) is 32.6 Å². The van der Waals surface area contributed by atoms with Gasteiger partial charge in [-0.2, -0.15) is 22.5 Å². The molecule has 1 aromatic heterocycles. The van der Waals surface area contributed by atoms with Crippen molar-refractivity contribution >= 4 is 22.4 Å². The van der Waals surface area contributed by atoms with Gasteiger partial charge in [0.05, 0.1) is 0 Å². The Morgan fingerprint density at radius 1 is 1.29 bits per heavy atom. The maximum absolute atomic E-state index is 12.6. The molecule has 0 unspecified atom stereocenters. The topological polar surface area (TPSA) is 55.0 Å². The van der Waals surface area contributed by atoms with Crippen molar-refractivity contribution in [3.63, 3.8) is 0 Å². The number of nitrogens with zero attached hydrogens (tertiary/aromatic N) is 3. The van der Waals surface area contributed by atoms with Crippen molar-refractivity contribution < 1.29 is 13.2 Å². The maximum Gasteiger partial charge on any atom is 0.452 e. The molecule has 1 heterocycles. The van der Waals surface area contributed by atoms with E-state index in [1.54, 1.807) is 11.0 Å². The Morgan fingerprint density at radius 2 is 1.95 bits per heavy atom. The molecule has 1 aromatic carbocycles. The van der Waals surface area contributed by atoms with Crippen LogP contribution < -0.4 is 10.6 Å². The van der Waals surface area contributed by atoms with Crippen LogP contribution in [0, 0.1) is 0 Å². The highest BCUT2D eigenvalue weighted by molar-refractivity contribution is 7.09. The van der Waals surface area contributed by atoms with Crippen molar-refractivity contribution in [1.82, 2.24) is 9.36 Å². The van der Waals surface area contributed by atoms with Crippen LogP contribution >= 0.6 is 11.5 Å². The highest BCUT2D eigenvalue weighted by Crippen LogP contribution is 2.31. The van der Waals surface area contributed by atoms with Crippen LogP contribution in [0.4, 0.5) is 24.0 Å². The summed E-state index contributed by atoms with van der Waals surface area (Å²) < 4.78 is 41.2. The molecule has 0 saturated carbocycles. The first kappa shape index (κ1) is 15.6. The molecule has 0 amide bonds. The first-order chi connectivity index (χ1) is 9.79. The van der Waals surface area contributed by atoms with E-state index in [-0.39, 0.29) is 11.2 Å². The van der Waals surface area contributed by atoms with Gasteiger partial charge in [0.25, 0.3) is 0 Å². The molecule has 8 heteroatoms. The van der Waals surface area contributed by atoms with E-state index in [0.29, 0.717) is 12.2 Å². The largest absolute Gasteiger partial charge is 0.452 e. The molecule has 114 valence electrons. The van der Waals surface area contributed by atoms with Gasteiger partial charge in [0.15, 0.2) is 0 Å². The molecule has 21 heavy (non-hydrogen) atoms. The van der Waals surface area contributed by atoms with Gasteiger partial charge in [0.2, 0.25) is 11.0 Å². The van der Waals surface area contributed by atoms with Crippen LogP contribution in [0.1, 0.15) is 25.2 Å². The fourth-order valence-electron chi connectivity index (χ4n) is 1.78. The van der Waals surface area contributed by atoms with Crippen molar-refractivity contribution in [3.8, 4) is 0 Å². The summed E-state index contributed by atoms with van der Waals surface area (Å²) in [6.07, 6.45) is -4.52. The minimum atomic E-state index is -4.52. The fourth-order valence-corrected chi connectivity index (χ4v) is 2.60. The molecule has 4 nitrogen and oxygen atoms in total. The fraction of sp³-hybridized carbons (Fsp3) is 0.385. The third-order valence-corrected chi connectivity index (χ3v) is 3.69. The number of anilines is 2. The third-order valence-electron chi connectivity index (χ3n) is 2.93. The summed E-state index contributed by atoms with van der Waals surface area (Å²) in [4.78, 5) is 5.35. The molecule has 2 aromatic rings. The summed E-state index contributed by atoms with van der Waals surface area (Å²) in [6, 6.07) is 7.22. The molecule has 2 rings (SSSR count). The van der Waals surface area contributed by atoms with Gasteiger partial charge in [0, 0.05) is 29.8 Å². The van der Waals surface area contributed by atoms with Crippen LogP contribution in [0.5, 0.6) is 0 Å². The number of nitrogens with two attached hydrogens (primary N) is 1. The average molecular weight is 316 g/mol. The number of hydrogen-bond acceptors (Lipinski definition) is 5. The monoisotopic (exact) mass is 316 g/mol. The highest BCUT2D eigenvalue weighted by atomic mass is 32.1. The number of hydrogen-bond donors (Lipinski definition) is 1. The van der Waals surface area contributed by atoms with Crippen molar-refractivity contribution in [3.05, 3.63) is 35.7 Å². The Balaban J connectivity index is 2.28. The number of aromatic nitrogens is 2. The van der Waals surface area contributed by atoms with Crippen LogP contribution in [-0.4, -0.2) is 15.4 Å². The van der Waals surface area contributed by atoms with Crippen LogP contribution in [0.2, 0.25) is 0 Å². The summed E-state index contributed by atoms with van der Waals surface area (Å²) >= 11 is 0.742. The standard InChI is InChI=1S/C13H15F3N4S/c1-8(2)20(7-9-5-3-4-6-10(9)17)12-18-11(19-21-12)13(14,15)16/h3-6,8H,7,17H2,1-2H3. The predicted molar refractivity (Wildman–Crippen MR) is 77.1 cm³/mol. The zero-order chi connectivity index (χ0) is 15.6. The lowest BCUT2D eigenvalue weighted by atomic mass is 10.1. The second-order valence-corrected chi connectivity index (χ2v) is 5.55. The molecule has 0 aliphatic carbocycles. The van der Waals surface area contributed by atoms with Crippen molar-refractivity contribution in [1.29, 1.82) is 0 Å². The van der Waals surface area contributed by atoms with Gasteiger partial charge in [-0.05, 0) is 25.5 Å². The normalized spacial score (nSPS) is 11.9. The van der Waals surface area contributed by atoms with Crippen molar-refractivity contribution in [2.75, 3.05) is 10.6 Å². The van der Waals surface area contributed by atoms with Crippen LogP contribution in [-0.2, 0) is 12.7 Å². The summed E-state index contributed by atoms with van der Waals surface area (Å²) in [5, 5.41) is 0.237. The van der Waals surface area contributed by atoms with E-state index in [4.69, 9.17) is 5.73 Å². The summed E-state index contributed by atoms with van der Waals surface area (Å²) in [7, 11) is 0. The molecule has 0 radical (unpaired) electrons. The summed E-state index contributed by atoms with van der Waals surface area (Å²) in [5.41, 5.74) is 7.33. The Kier molecular flexibility index (Phi) is 4.36. The molecular weight excluding hydrogens is 301 g/mol. The second kappa shape index (κ2) is 5.88. The van der Waals surface area contributed by atoms with E-state index < -0.39 is 12.0 Å². The summed E-state index contributed by atoms with van der Waals surface area (Å²) in [5.74, 6) is -1.10. The van der Waals surface area contributed by atoms with E-state index in [0.717, 1.165) is 17.1 Å². The molecule has 2 N–H and O–H groups in total. The maximum atomic E-state index is 12.6. The Bertz CT molecular complexity index is 609. The molecule has 0 spiro atoms. The number of para-hydroxylation sites is 1. The molecule has 0 bridgehead atoms. The quantitative estimate of drug-likeness (QED) is 0.876. The number of benzene rings is 1. The van der Waals surface area contributed by atoms with E-state index in [1.165, 1.54) is 0 Å². The van der Waals surface area contributed by atoms with Gasteiger partial charge >= 0.3 is 6.18 Å². The van der Waals surface area contributed by atoms with Gasteiger partial charge in [0.1, 0.15) is 0 Å². The van der Waals surface area contributed by atoms with Crippen molar-refractivity contribution in [2.24, 2.45) is 0 Å². The van der Waals surface area contributed by atoms with Crippen LogP contribution in [0.25, 0.3) is 0 Å². The van der Waals surface area contributed by atoms with Gasteiger partial charge in [-0.15, -0.1) is 0 Å². The molecule has 0 aliphatic heterocycles. The lowest BCUT2D eigenvalue weighted by molar-refractivity contribution is -0.144. The lowest BCUT2D eigenvalue weighted by Crippen LogP contribution is -2.30. The Hall–Kier alpha value is -1.83. The first-order valence-electron chi connectivity index (χ1n) is 6.30. The van der Waals surface area contributed by atoms with Gasteiger partial charge < -0.3 is 10.6 Å². The highest BCUT2D eigenvalue weighted by Gasteiger charge is 2.36.